The molecular weight excluding hydrogens is 413 g/mol. The first-order valence-electron chi connectivity index (χ1n) is 9.23. The average molecular weight is 430 g/mol. The van der Waals surface area contributed by atoms with Crippen molar-refractivity contribution in [3.05, 3.63) is 54.1 Å². The Morgan fingerprint density at radius 3 is 2.52 bits per heavy atom. The molecular formula is C20H17F3N6O2. The maximum absolute atomic E-state index is 13.0. The molecule has 8 nitrogen and oxygen atoms in total. The molecule has 0 saturated heterocycles. The van der Waals surface area contributed by atoms with Crippen LogP contribution < -0.4 is 10.6 Å². The predicted octanol–water partition coefficient (Wildman–Crippen LogP) is 3.28. The van der Waals surface area contributed by atoms with Crippen molar-refractivity contribution in [2.45, 2.75) is 19.1 Å². The van der Waals surface area contributed by atoms with Crippen molar-refractivity contribution in [1.82, 2.24) is 24.8 Å². The summed E-state index contributed by atoms with van der Waals surface area (Å²) in [5.41, 5.74) is 1.96. The molecule has 4 rings (SSSR count). The van der Waals surface area contributed by atoms with Crippen molar-refractivity contribution < 1.29 is 22.8 Å². The molecule has 160 valence electrons. The molecule has 0 fully saturated rings. The number of aromatic amines is 1. The van der Waals surface area contributed by atoms with E-state index in [4.69, 9.17) is 0 Å². The average Bonchev–Trinajstić information content (AvgIpc) is 3.29. The van der Waals surface area contributed by atoms with Crippen LogP contribution in [-0.2, 0) is 22.8 Å². The fourth-order valence-corrected chi connectivity index (χ4v) is 3.23. The Morgan fingerprint density at radius 1 is 1.06 bits per heavy atom. The van der Waals surface area contributed by atoms with Crippen LogP contribution in [0.2, 0.25) is 0 Å². The Morgan fingerprint density at radius 2 is 1.81 bits per heavy atom. The Balaban J connectivity index is 1.47. The summed E-state index contributed by atoms with van der Waals surface area (Å²) in [4.78, 5) is 35.5. The number of carbonyl (C=O) groups is 2. The number of hydrogen-bond donors (Lipinski definition) is 3. The van der Waals surface area contributed by atoms with Crippen LogP contribution in [0.4, 0.5) is 18.9 Å². The largest absolute Gasteiger partial charge is 0.449 e. The Kier molecular flexibility index (Phi) is 4.88. The molecule has 0 spiro atoms. The van der Waals surface area contributed by atoms with Gasteiger partial charge < -0.3 is 20.2 Å². The number of rotatable bonds is 3. The second-order valence-corrected chi connectivity index (χ2v) is 6.98. The van der Waals surface area contributed by atoms with E-state index in [9.17, 15) is 22.8 Å². The van der Waals surface area contributed by atoms with E-state index in [1.165, 1.54) is 25.2 Å². The number of anilines is 1. The number of imidazole rings is 2. The number of aryl methyl sites for hydroxylation is 1. The highest BCUT2D eigenvalue weighted by Gasteiger charge is 2.36. The SMILES string of the molecule is C[C@H](NC(=O)C(=O)Nc1ccc2c(c1)nc(C(F)(F)F)n2C)c1nc2ccccc2[nH]1. The van der Waals surface area contributed by atoms with Crippen LogP contribution >= 0.6 is 0 Å². The molecule has 11 heteroatoms. The van der Waals surface area contributed by atoms with Gasteiger partial charge in [0, 0.05) is 12.7 Å². The third kappa shape index (κ3) is 3.93. The minimum absolute atomic E-state index is 0.0451. The first kappa shape index (κ1) is 20.4. The van der Waals surface area contributed by atoms with E-state index in [1.54, 1.807) is 6.92 Å². The van der Waals surface area contributed by atoms with Crippen LogP contribution in [0.15, 0.2) is 42.5 Å². The van der Waals surface area contributed by atoms with Gasteiger partial charge in [0.15, 0.2) is 0 Å². The van der Waals surface area contributed by atoms with Crippen LogP contribution in [-0.4, -0.2) is 31.3 Å². The van der Waals surface area contributed by atoms with Gasteiger partial charge in [-0.15, -0.1) is 0 Å². The van der Waals surface area contributed by atoms with E-state index in [0.717, 1.165) is 15.6 Å². The van der Waals surface area contributed by atoms with Gasteiger partial charge in [-0.2, -0.15) is 13.2 Å². The van der Waals surface area contributed by atoms with Crippen LogP contribution in [0.5, 0.6) is 0 Å². The number of nitrogens with one attached hydrogen (secondary N) is 3. The molecule has 0 saturated carbocycles. The van der Waals surface area contributed by atoms with Crippen molar-refractivity contribution in [2.24, 2.45) is 7.05 Å². The first-order valence-corrected chi connectivity index (χ1v) is 9.23. The van der Waals surface area contributed by atoms with Gasteiger partial charge in [0.1, 0.15) is 5.82 Å². The summed E-state index contributed by atoms with van der Waals surface area (Å²) in [6, 6.07) is 10.8. The number of amides is 2. The van der Waals surface area contributed by atoms with Gasteiger partial charge in [-0.3, -0.25) is 9.59 Å². The van der Waals surface area contributed by atoms with Crippen LogP contribution in [0.25, 0.3) is 22.1 Å². The monoisotopic (exact) mass is 430 g/mol. The molecule has 1 atom stereocenters. The fraction of sp³-hybridized carbons (Fsp3) is 0.200. The van der Waals surface area contributed by atoms with E-state index in [2.05, 4.69) is 25.6 Å². The number of halogens is 3. The number of para-hydroxylation sites is 2. The number of benzene rings is 2. The topological polar surface area (TPSA) is 105 Å². The molecule has 0 aliphatic rings. The number of fused-ring (bicyclic) bond motifs is 2. The summed E-state index contributed by atoms with van der Waals surface area (Å²) in [6.45, 7) is 1.67. The summed E-state index contributed by atoms with van der Waals surface area (Å²) >= 11 is 0. The van der Waals surface area contributed by atoms with Crippen LogP contribution in [0.3, 0.4) is 0 Å². The highest BCUT2D eigenvalue weighted by atomic mass is 19.4. The highest BCUT2D eigenvalue weighted by molar-refractivity contribution is 6.39. The third-order valence-electron chi connectivity index (χ3n) is 4.76. The van der Waals surface area contributed by atoms with Crippen molar-refractivity contribution in [3.8, 4) is 0 Å². The van der Waals surface area contributed by atoms with Gasteiger partial charge in [-0.25, -0.2) is 9.97 Å². The molecule has 2 amide bonds. The zero-order valence-corrected chi connectivity index (χ0v) is 16.4. The van der Waals surface area contributed by atoms with Crippen molar-refractivity contribution in [3.63, 3.8) is 0 Å². The van der Waals surface area contributed by atoms with Crippen LogP contribution in [0.1, 0.15) is 24.6 Å². The molecule has 0 aliphatic carbocycles. The molecule has 2 heterocycles. The summed E-state index contributed by atoms with van der Waals surface area (Å²) in [5.74, 6) is -2.44. The molecule has 0 bridgehead atoms. The number of H-pyrrole nitrogens is 1. The smallest absolute Gasteiger partial charge is 0.340 e. The van der Waals surface area contributed by atoms with Gasteiger partial charge in [0.25, 0.3) is 0 Å². The van der Waals surface area contributed by atoms with E-state index in [1.807, 2.05) is 24.3 Å². The second kappa shape index (κ2) is 7.42. The lowest BCUT2D eigenvalue weighted by molar-refractivity contribution is -0.146. The lowest BCUT2D eigenvalue weighted by Gasteiger charge is -2.11. The van der Waals surface area contributed by atoms with Gasteiger partial charge in [0.05, 0.1) is 28.1 Å². The molecule has 2 aromatic carbocycles. The Bertz CT molecular complexity index is 1270. The highest BCUT2D eigenvalue weighted by Crippen LogP contribution is 2.31. The third-order valence-corrected chi connectivity index (χ3v) is 4.76. The number of aromatic nitrogens is 4. The normalized spacial score (nSPS) is 12.8. The minimum Gasteiger partial charge on any atom is -0.340 e. The van der Waals surface area contributed by atoms with E-state index < -0.39 is 29.9 Å². The second-order valence-electron chi connectivity index (χ2n) is 6.98. The number of alkyl halides is 3. The summed E-state index contributed by atoms with van der Waals surface area (Å²) in [5, 5.41) is 4.91. The summed E-state index contributed by atoms with van der Waals surface area (Å²) in [7, 11) is 1.25. The van der Waals surface area contributed by atoms with Crippen molar-refractivity contribution >= 4 is 39.6 Å². The quantitative estimate of drug-likeness (QED) is 0.434. The number of hydrogen-bond acceptors (Lipinski definition) is 4. The summed E-state index contributed by atoms with van der Waals surface area (Å²) in [6.07, 6.45) is -4.61. The number of carbonyl (C=O) groups excluding carboxylic acids is 2. The zero-order valence-electron chi connectivity index (χ0n) is 16.4. The molecule has 2 aromatic heterocycles. The molecule has 0 radical (unpaired) electrons. The fourth-order valence-electron chi connectivity index (χ4n) is 3.23. The van der Waals surface area contributed by atoms with E-state index >= 15 is 0 Å². The minimum atomic E-state index is -4.61. The van der Waals surface area contributed by atoms with Gasteiger partial charge in [0.2, 0.25) is 5.82 Å². The number of nitrogens with zero attached hydrogens (tertiary/aromatic N) is 3. The molecule has 0 aliphatic heterocycles. The molecule has 0 unspecified atom stereocenters. The van der Waals surface area contributed by atoms with Crippen LogP contribution in [0, 0.1) is 0 Å². The van der Waals surface area contributed by atoms with Gasteiger partial charge >= 0.3 is 18.0 Å². The molecule has 4 aromatic rings. The Hall–Kier alpha value is -3.89. The van der Waals surface area contributed by atoms with E-state index in [-0.39, 0.29) is 16.7 Å². The maximum atomic E-state index is 13.0. The van der Waals surface area contributed by atoms with Crippen molar-refractivity contribution in [2.75, 3.05) is 5.32 Å². The van der Waals surface area contributed by atoms with E-state index in [0.29, 0.717) is 5.82 Å². The molecule has 3 N–H and O–H groups in total. The van der Waals surface area contributed by atoms with Crippen molar-refractivity contribution in [1.29, 1.82) is 0 Å². The maximum Gasteiger partial charge on any atom is 0.449 e. The zero-order chi connectivity index (χ0) is 22.3. The first-order chi connectivity index (χ1) is 14.6. The van der Waals surface area contributed by atoms with Gasteiger partial charge in [-0.1, -0.05) is 12.1 Å². The standard InChI is InChI=1S/C20H17F3N6O2/c1-10(16-26-12-5-3-4-6-13(12)27-16)24-17(30)18(31)25-11-7-8-15-14(9-11)28-19(29(15)2)20(21,22)23/h3-10H,1-2H3,(H,24,30)(H,25,31)(H,26,27)/t10-/m0/s1. The predicted molar refractivity (Wildman–Crippen MR) is 107 cm³/mol. The lowest BCUT2D eigenvalue weighted by Crippen LogP contribution is -2.37. The molecule has 31 heavy (non-hydrogen) atoms. The summed E-state index contributed by atoms with van der Waals surface area (Å²) < 4.78 is 40.0. The van der Waals surface area contributed by atoms with Gasteiger partial charge in [-0.05, 0) is 37.3 Å². The lowest BCUT2D eigenvalue weighted by atomic mass is 10.2. The Labute approximate surface area is 173 Å².